The molecule has 0 amide bonds. The summed E-state index contributed by atoms with van der Waals surface area (Å²) in [5.41, 5.74) is 21.8. The van der Waals surface area contributed by atoms with Crippen LogP contribution in [-0.2, 0) is 5.41 Å². The Morgan fingerprint density at radius 3 is 2.00 bits per heavy atom. The van der Waals surface area contributed by atoms with Crippen LogP contribution < -0.4 is 10.6 Å². The Bertz CT molecular complexity index is 2270. The summed E-state index contributed by atoms with van der Waals surface area (Å²) < 4.78 is 0. The zero-order valence-electron chi connectivity index (χ0n) is 29.6. The van der Waals surface area contributed by atoms with Gasteiger partial charge in [-0.1, -0.05) is 183 Å². The Hall–Kier alpha value is -5.77. The molecule has 0 saturated heterocycles. The second-order valence-electron chi connectivity index (χ2n) is 14.2. The van der Waals surface area contributed by atoms with Crippen molar-refractivity contribution in [3.8, 4) is 11.1 Å². The van der Waals surface area contributed by atoms with Crippen LogP contribution >= 0.6 is 0 Å². The number of anilines is 1. The first-order valence-corrected chi connectivity index (χ1v) is 18.7. The van der Waals surface area contributed by atoms with Crippen molar-refractivity contribution in [2.75, 3.05) is 4.90 Å². The molecule has 3 nitrogen and oxygen atoms in total. The van der Waals surface area contributed by atoms with Crippen molar-refractivity contribution in [3.63, 3.8) is 0 Å². The summed E-state index contributed by atoms with van der Waals surface area (Å²) in [6, 6.07) is 59.4. The van der Waals surface area contributed by atoms with E-state index < -0.39 is 11.7 Å². The average molecular weight is 674 g/mol. The second kappa shape index (κ2) is 13.4. The number of allylic oxidation sites excluding steroid dienone is 2. The standard InChI is InChI=1S/C49H43N3/c1-2-3-28-44(35-20-10-5-11-21-35)51-48(50)52-45-33-36(34-18-8-4-9-19-34)29-30-40(45)42-32-31-41-39-26-16-17-27-43(39)49(46(41)47(42)52,37-22-12-6-13-23-37)38-24-14-7-15-25-38/h4-27,29-33,42,47-48H,2-3,28,50H2,1H3/b51-44+. The van der Waals surface area contributed by atoms with Gasteiger partial charge in [-0.25, -0.2) is 4.99 Å². The molecule has 1 heterocycles. The number of hydrogen-bond donors (Lipinski definition) is 1. The van der Waals surface area contributed by atoms with Crippen molar-refractivity contribution in [1.29, 1.82) is 0 Å². The zero-order valence-corrected chi connectivity index (χ0v) is 29.6. The van der Waals surface area contributed by atoms with Crippen LogP contribution in [0.15, 0.2) is 187 Å². The smallest absolute Gasteiger partial charge is 0.174 e. The van der Waals surface area contributed by atoms with E-state index in [4.69, 9.17) is 10.7 Å². The molecule has 0 fully saturated rings. The summed E-state index contributed by atoms with van der Waals surface area (Å²) in [6.45, 7) is 2.24. The van der Waals surface area contributed by atoms with E-state index in [0.29, 0.717) is 0 Å². The maximum atomic E-state index is 7.55. The predicted octanol–water partition coefficient (Wildman–Crippen LogP) is 10.9. The molecule has 0 radical (unpaired) electrons. The lowest BCUT2D eigenvalue weighted by molar-refractivity contribution is 0.524. The van der Waals surface area contributed by atoms with Crippen LogP contribution in [-0.4, -0.2) is 18.0 Å². The van der Waals surface area contributed by atoms with Gasteiger partial charge >= 0.3 is 0 Å². The minimum absolute atomic E-state index is 0.0733. The lowest BCUT2D eigenvalue weighted by atomic mass is 9.63. The van der Waals surface area contributed by atoms with Crippen LogP contribution in [0.3, 0.4) is 0 Å². The monoisotopic (exact) mass is 673 g/mol. The highest BCUT2D eigenvalue weighted by Gasteiger charge is 2.56. The third-order valence-corrected chi connectivity index (χ3v) is 11.4. The lowest BCUT2D eigenvalue weighted by Crippen LogP contribution is -2.51. The maximum absolute atomic E-state index is 7.55. The summed E-state index contributed by atoms with van der Waals surface area (Å²) in [7, 11) is 0. The Kier molecular flexibility index (Phi) is 8.29. The summed E-state index contributed by atoms with van der Waals surface area (Å²) >= 11 is 0. The van der Waals surface area contributed by atoms with Gasteiger partial charge in [0, 0.05) is 17.3 Å². The first-order chi connectivity index (χ1) is 25.7. The molecule has 9 rings (SSSR count). The first kappa shape index (κ1) is 32.2. The quantitative estimate of drug-likeness (QED) is 0.155. The van der Waals surface area contributed by atoms with E-state index in [-0.39, 0.29) is 12.0 Å². The average Bonchev–Trinajstić information content (AvgIpc) is 3.71. The van der Waals surface area contributed by atoms with Gasteiger partial charge in [0.2, 0.25) is 0 Å². The van der Waals surface area contributed by atoms with Gasteiger partial charge in [-0.3, -0.25) is 5.73 Å². The molecule has 1 aliphatic heterocycles. The molecule has 0 aromatic heterocycles. The van der Waals surface area contributed by atoms with Crippen molar-refractivity contribution in [2.24, 2.45) is 10.7 Å². The molecule has 0 saturated carbocycles. The molecule has 2 N–H and O–H groups in total. The summed E-state index contributed by atoms with van der Waals surface area (Å²) in [5.74, 6) is 0.0942. The van der Waals surface area contributed by atoms with E-state index in [1.165, 1.54) is 50.1 Å². The fourth-order valence-corrected chi connectivity index (χ4v) is 9.13. The van der Waals surface area contributed by atoms with Gasteiger partial charge < -0.3 is 4.90 Å². The number of rotatable bonds is 9. The van der Waals surface area contributed by atoms with Crippen LogP contribution in [0.25, 0.3) is 16.7 Å². The largest absolute Gasteiger partial charge is 0.330 e. The van der Waals surface area contributed by atoms with Gasteiger partial charge in [-0.2, -0.15) is 0 Å². The topological polar surface area (TPSA) is 41.6 Å². The number of fused-ring (bicyclic) bond motifs is 6. The van der Waals surface area contributed by atoms with E-state index in [1.54, 1.807) is 0 Å². The van der Waals surface area contributed by atoms with Gasteiger partial charge in [-0.05, 0) is 74.6 Å². The van der Waals surface area contributed by atoms with Crippen LogP contribution in [0, 0.1) is 0 Å². The van der Waals surface area contributed by atoms with E-state index in [0.717, 1.165) is 36.2 Å². The molecule has 3 aliphatic rings. The molecular formula is C49H43N3. The number of nitrogens with two attached hydrogens (primary N) is 1. The Morgan fingerprint density at radius 2 is 1.33 bits per heavy atom. The Balaban J connectivity index is 1.31. The van der Waals surface area contributed by atoms with Crippen LogP contribution in [0.4, 0.5) is 5.69 Å². The van der Waals surface area contributed by atoms with Crippen molar-refractivity contribution >= 4 is 17.0 Å². The van der Waals surface area contributed by atoms with Gasteiger partial charge in [0.25, 0.3) is 0 Å². The zero-order chi connectivity index (χ0) is 35.1. The van der Waals surface area contributed by atoms with Crippen LogP contribution in [0.5, 0.6) is 0 Å². The highest BCUT2D eigenvalue weighted by Crippen LogP contribution is 2.62. The minimum Gasteiger partial charge on any atom is -0.330 e. The second-order valence-corrected chi connectivity index (χ2v) is 14.2. The van der Waals surface area contributed by atoms with Crippen molar-refractivity contribution in [2.45, 2.75) is 49.9 Å². The number of hydrogen-bond acceptors (Lipinski definition) is 3. The normalized spacial score (nSPS) is 18.8. The molecule has 2 aliphatic carbocycles. The van der Waals surface area contributed by atoms with Crippen molar-refractivity contribution in [3.05, 3.63) is 215 Å². The molecule has 3 unspecified atom stereocenters. The fourth-order valence-electron chi connectivity index (χ4n) is 9.13. The lowest BCUT2D eigenvalue weighted by Gasteiger charge is -2.44. The fraction of sp³-hybridized carbons (Fsp3) is 0.163. The van der Waals surface area contributed by atoms with E-state index in [1.807, 2.05) is 0 Å². The van der Waals surface area contributed by atoms with E-state index >= 15 is 0 Å². The predicted molar refractivity (Wildman–Crippen MR) is 217 cm³/mol. The van der Waals surface area contributed by atoms with E-state index in [9.17, 15) is 0 Å². The van der Waals surface area contributed by atoms with Gasteiger partial charge in [-0.15, -0.1) is 0 Å². The number of nitrogens with zero attached hydrogens (tertiary/aromatic N) is 2. The first-order valence-electron chi connectivity index (χ1n) is 18.7. The summed E-state index contributed by atoms with van der Waals surface area (Å²) in [5, 5.41) is 0. The minimum atomic E-state index is -0.611. The molecule has 3 atom stereocenters. The SMILES string of the molecule is CCCC/C(=N\C(N)N1c2cc(-c3ccccc3)ccc2C2C=CC3=C(C21)C(c1ccccc1)(c1ccccc1)c1ccccc13)c1ccccc1. The molecule has 0 spiro atoms. The highest BCUT2D eigenvalue weighted by molar-refractivity contribution is 6.01. The third-order valence-electron chi connectivity index (χ3n) is 11.4. The number of benzene rings is 6. The third kappa shape index (κ3) is 5.11. The maximum Gasteiger partial charge on any atom is 0.174 e. The summed E-state index contributed by atoms with van der Waals surface area (Å²) in [4.78, 5) is 7.95. The summed E-state index contributed by atoms with van der Waals surface area (Å²) in [6.07, 6.45) is 7.24. The van der Waals surface area contributed by atoms with Crippen LogP contribution in [0.2, 0.25) is 0 Å². The van der Waals surface area contributed by atoms with Gasteiger partial charge in [0.05, 0.1) is 11.5 Å². The molecular weight excluding hydrogens is 631 g/mol. The highest BCUT2D eigenvalue weighted by atomic mass is 15.4. The molecule has 3 heteroatoms. The number of unbranched alkanes of at least 4 members (excludes halogenated alkanes) is 1. The van der Waals surface area contributed by atoms with Crippen LogP contribution in [0.1, 0.15) is 65.5 Å². The molecule has 6 aromatic carbocycles. The molecule has 254 valence electrons. The van der Waals surface area contributed by atoms with Gasteiger partial charge in [0.15, 0.2) is 6.29 Å². The molecule has 6 aromatic rings. The van der Waals surface area contributed by atoms with Crippen molar-refractivity contribution in [1.82, 2.24) is 0 Å². The molecule has 0 bridgehead atoms. The Morgan fingerprint density at radius 1 is 0.712 bits per heavy atom. The van der Waals surface area contributed by atoms with E-state index in [2.05, 4.69) is 188 Å². The number of aliphatic imine (C=N–C) groups is 1. The van der Waals surface area contributed by atoms with Gasteiger partial charge in [0.1, 0.15) is 0 Å². The van der Waals surface area contributed by atoms with Crippen molar-refractivity contribution < 1.29 is 0 Å². The molecule has 52 heavy (non-hydrogen) atoms. The Labute approximate surface area is 307 Å².